The highest BCUT2D eigenvalue weighted by molar-refractivity contribution is 9.10. The summed E-state index contributed by atoms with van der Waals surface area (Å²) in [5.74, 6) is -0.310. The lowest BCUT2D eigenvalue weighted by molar-refractivity contribution is -0.141. The third-order valence-electron chi connectivity index (χ3n) is 3.60. The minimum atomic E-state index is -4.62. The van der Waals surface area contributed by atoms with Crippen LogP contribution in [0.15, 0.2) is 10.7 Å². The lowest BCUT2D eigenvalue weighted by Gasteiger charge is -2.09. The summed E-state index contributed by atoms with van der Waals surface area (Å²) in [6.07, 6.45) is -3.01. The van der Waals surface area contributed by atoms with Gasteiger partial charge in [0.25, 0.3) is 0 Å². The number of nitrogens with zero attached hydrogens (tertiary/aromatic N) is 4. The Balaban J connectivity index is 1.96. The molecule has 25 heavy (non-hydrogen) atoms. The molecule has 0 atom stereocenters. The summed E-state index contributed by atoms with van der Waals surface area (Å²) in [5, 5.41) is 9.87. The van der Waals surface area contributed by atoms with E-state index in [2.05, 4.69) is 31.4 Å². The molecule has 1 amide bonds. The van der Waals surface area contributed by atoms with Crippen molar-refractivity contribution in [1.29, 1.82) is 0 Å². The molecule has 11 heteroatoms. The van der Waals surface area contributed by atoms with Crippen molar-refractivity contribution in [3.63, 3.8) is 0 Å². The Labute approximate surface area is 155 Å². The highest BCUT2D eigenvalue weighted by atomic mass is 79.9. The molecule has 0 aromatic carbocycles. The second-order valence-electron chi connectivity index (χ2n) is 5.25. The molecule has 0 saturated carbocycles. The second-order valence-corrected chi connectivity index (χ2v) is 6.48. The maximum Gasteiger partial charge on any atom is 0.436 e. The van der Waals surface area contributed by atoms with E-state index >= 15 is 0 Å². The number of nitrogens with one attached hydrogen (secondary N) is 1. The average Bonchev–Trinajstić information content (AvgIpc) is 3.04. The predicted octanol–water partition coefficient (Wildman–Crippen LogP) is 3.55. The summed E-state index contributed by atoms with van der Waals surface area (Å²) < 4.78 is 41.9. The summed E-state index contributed by atoms with van der Waals surface area (Å²) in [7, 11) is 0. The second kappa shape index (κ2) is 7.77. The van der Waals surface area contributed by atoms with Gasteiger partial charge in [-0.25, -0.2) is 0 Å². The van der Waals surface area contributed by atoms with E-state index in [1.54, 1.807) is 10.9 Å². The van der Waals surface area contributed by atoms with Crippen LogP contribution < -0.4 is 5.32 Å². The van der Waals surface area contributed by atoms with Gasteiger partial charge in [0.2, 0.25) is 5.91 Å². The van der Waals surface area contributed by atoms with E-state index < -0.39 is 16.9 Å². The van der Waals surface area contributed by atoms with Gasteiger partial charge in [0.1, 0.15) is 0 Å². The van der Waals surface area contributed by atoms with Gasteiger partial charge < -0.3 is 5.32 Å². The third kappa shape index (κ3) is 4.55. The zero-order valence-corrected chi connectivity index (χ0v) is 15.8. The molecule has 0 aliphatic rings. The molecule has 2 aromatic heterocycles. The molecule has 1 N–H and O–H groups in total. The first-order valence-electron chi connectivity index (χ1n) is 7.42. The first-order valence-corrected chi connectivity index (χ1v) is 8.59. The Hall–Kier alpha value is -1.55. The van der Waals surface area contributed by atoms with E-state index in [9.17, 15) is 18.0 Å². The van der Waals surface area contributed by atoms with E-state index in [-0.39, 0.29) is 31.1 Å². The number of amides is 1. The summed E-state index contributed by atoms with van der Waals surface area (Å²) in [4.78, 5) is 12.0. The largest absolute Gasteiger partial charge is 0.436 e. The Morgan fingerprint density at radius 2 is 2.08 bits per heavy atom. The fraction of sp³-hybridized carbons (Fsp3) is 0.500. The molecular weight excluding hydrogens is 427 g/mol. The van der Waals surface area contributed by atoms with E-state index in [4.69, 9.17) is 11.6 Å². The van der Waals surface area contributed by atoms with Gasteiger partial charge >= 0.3 is 6.18 Å². The smallest absolute Gasteiger partial charge is 0.350 e. The normalized spacial score (nSPS) is 11.8. The van der Waals surface area contributed by atoms with Crippen molar-refractivity contribution in [2.24, 2.45) is 0 Å². The zero-order valence-electron chi connectivity index (χ0n) is 13.5. The summed E-state index contributed by atoms with van der Waals surface area (Å²) in [5.41, 5.74) is -0.148. The van der Waals surface area contributed by atoms with Crippen molar-refractivity contribution in [3.8, 4) is 0 Å². The van der Waals surface area contributed by atoms with Crippen LogP contribution in [0.1, 0.15) is 30.4 Å². The van der Waals surface area contributed by atoms with Crippen LogP contribution in [0.2, 0.25) is 5.02 Å². The summed E-state index contributed by atoms with van der Waals surface area (Å²) in [6, 6.07) is 0. The van der Waals surface area contributed by atoms with Gasteiger partial charge in [0.15, 0.2) is 5.69 Å². The van der Waals surface area contributed by atoms with Crippen molar-refractivity contribution < 1.29 is 18.0 Å². The molecule has 2 aromatic rings. The van der Waals surface area contributed by atoms with E-state index in [1.807, 2.05) is 6.92 Å². The van der Waals surface area contributed by atoms with Crippen molar-refractivity contribution in [1.82, 2.24) is 24.9 Å². The number of halogens is 5. The van der Waals surface area contributed by atoms with E-state index in [0.717, 1.165) is 14.8 Å². The van der Waals surface area contributed by atoms with Crippen LogP contribution >= 0.6 is 27.5 Å². The lowest BCUT2D eigenvalue weighted by Crippen LogP contribution is -2.26. The van der Waals surface area contributed by atoms with Crippen LogP contribution in [-0.4, -0.2) is 25.5 Å². The number of hydrogen-bond donors (Lipinski definition) is 1. The van der Waals surface area contributed by atoms with Gasteiger partial charge in [-0.05, 0) is 29.8 Å². The topological polar surface area (TPSA) is 64.7 Å². The van der Waals surface area contributed by atoms with Crippen molar-refractivity contribution in [2.45, 2.75) is 46.1 Å². The molecule has 0 aliphatic carbocycles. The molecule has 0 saturated heterocycles. The number of aromatic nitrogens is 4. The molecule has 2 rings (SSSR count). The maximum absolute atomic E-state index is 12.8. The maximum atomic E-state index is 12.8. The van der Waals surface area contributed by atoms with Crippen LogP contribution in [0.3, 0.4) is 0 Å². The number of hydrogen-bond acceptors (Lipinski definition) is 3. The predicted molar refractivity (Wildman–Crippen MR) is 89.0 cm³/mol. The highest BCUT2D eigenvalue weighted by Gasteiger charge is 2.38. The SMILES string of the molecule is CCn1ncc(Br)c1CNC(=O)CCn1nc(C(F)(F)F)c(Cl)c1C. The lowest BCUT2D eigenvalue weighted by atomic mass is 10.3. The quantitative estimate of drug-likeness (QED) is 0.744. The fourth-order valence-electron chi connectivity index (χ4n) is 2.24. The molecule has 0 fully saturated rings. The van der Waals surface area contributed by atoms with Gasteiger partial charge in [-0.2, -0.15) is 23.4 Å². The minimum Gasteiger partial charge on any atom is -0.350 e. The van der Waals surface area contributed by atoms with Gasteiger partial charge in [0.05, 0.1) is 40.2 Å². The van der Waals surface area contributed by atoms with Crippen LogP contribution in [0.5, 0.6) is 0 Å². The van der Waals surface area contributed by atoms with Gasteiger partial charge in [0, 0.05) is 13.0 Å². The van der Waals surface area contributed by atoms with Gasteiger partial charge in [-0.15, -0.1) is 0 Å². The Morgan fingerprint density at radius 1 is 1.40 bits per heavy atom. The van der Waals surface area contributed by atoms with Crippen molar-refractivity contribution in [2.75, 3.05) is 0 Å². The Kier molecular flexibility index (Phi) is 6.15. The first-order chi connectivity index (χ1) is 11.6. The molecule has 0 radical (unpaired) electrons. The number of carbonyl (C=O) groups is 1. The van der Waals surface area contributed by atoms with Gasteiger partial charge in [-0.3, -0.25) is 14.2 Å². The number of carbonyl (C=O) groups excluding carboxylic acids is 1. The molecule has 0 aliphatic heterocycles. The Morgan fingerprint density at radius 3 is 2.64 bits per heavy atom. The highest BCUT2D eigenvalue weighted by Crippen LogP contribution is 2.35. The molecule has 6 nitrogen and oxygen atoms in total. The monoisotopic (exact) mass is 441 g/mol. The van der Waals surface area contributed by atoms with Crippen LogP contribution in [0, 0.1) is 6.92 Å². The third-order valence-corrected chi connectivity index (χ3v) is 4.72. The Bertz CT molecular complexity index is 771. The van der Waals surface area contributed by atoms with Gasteiger partial charge in [-0.1, -0.05) is 11.6 Å². The van der Waals surface area contributed by atoms with E-state index in [1.165, 1.54) is 6.92 Å². The number of alkyl halides is 3. The number of aryl methyl sites for hydroxylation is 2. The fourth-order valence-corrected chi connectivity index (χ4v) is 2.92. The van der Waals surface area contributed by atoms with Crippen molar-refractivity contribution in [3.05, 3.63) is 32.8 Å². The van der Waals surface area contributed by atoms with Crippen LogP contribution in [0.25, 0.3) is 0 Å². The molecule has 0 spiro atoms. The standard InChI is InChI=1S/C14H16BrClF3N5O/c1-3-23-10(9(15)6-21-23)7-20-11(25)4-5-24-8(2)12(16)13(22-24)14(17,18)19/h6H,3-5,7H2,1-2H3,(H,20,25). The first kappa shape index (κ1) is 19.8. The minimum absolute atomic E-state index is 0.00166. The van der Waals surface area contributed by atoms with E-state index in [0.29, 0.717) is 6.54 Å². The molecule has 2 heterocycles. The van der Waals surface area contributed by atoms with Crippen LogP contribution in [0.4, 0.5) is 13.2 Å². The van der Waals surface area contributed by atoms with Crippen LogP contribution in [-0.2, 0) is 30.6 Å². The average molecular weight is 443 g/mol. The molecular formula is C14H16BrClF3N5O. The number of rotatable bonds is 6. The summed E-state index contributed by atoms with van der Waals surface area (Å²) >= 11 is 9.03. The molecule has 0 unspecified atom stereocenters. The molecule has 138 valence electrons. The zero-order chi connectivity index (χ0) is 18.8. The van der Waals surface area contributed by atoms with Crippen molar-refractivity contribution >= 4 is 33.4 Å². The molecule has 0 bridgehead atoms. The summed E-state index contributed by atoms with van der Waals surface area (Å²) in [6.45, 7) is 4.27.